The zero-order valence-corrected chi connectivity index (χ0v) is 17.5. The molecule has 29 heavy (non-hydrogen) atoms. The summed E-state index contributed by atoms with van der Waals surface area (Å²) in [6, 6.07) is 8.68. The number of hydrogen-bond acceptors (Lipinski definition) is 4. The number of benzene rings is 1. The average molecular weight is 398 g/mol. The molecular weight excluding hydrogens is 366 g/mol. The van der Waals surface area contributed by atoms with Gasteiger partial charge in [-0.05, 0) is 51.9 Å². The Morgan fingerprint density at radius 3 is 2.45 bits per heavy atom. The molecule has 2 aliphatic rings. The van der Waals surface area contributed by atoms with Crippen LogP contribution < -0.4 is 0 Å². The second-order valence-corrected chi connectivity index (χ2v) is 8.50. The summed E-state index contributed by atoms with van der Waals surface area (Å²) in [5.41, 5.74) is 2.24. The molecule has 2 fully saturated rings. The summed E-state index contributed by atoms with van der Waals surface area (Å²) >= 11 is 0. The maximum atomic E-state index is 12.9. The second-order valence-electron chi connectivity index (χ2n) is 8.50. The molecule has 2 amide bonds. The van der Waals surface area contributed by atoms with Gasteiger partial charge in [0.1, 0.15) is 5.82 Å². The lowest BCUT2D eigenvalue weighted by Crippen LogP contribution is -2.51. The standard InChI is InChI=1S/C22H31N5O2/c1-17(2)27-20-6-4-3-5-19(20)23-21(27)15-24-9-7-18(8-10-24)22(29)26-13-11-25(16-28)12-14-26/h3-6,16-18H,7-15H2,1-2H3. The lowest BCUT2D eigenvalue weighted by Gasteiger charge is -2.37. The van der Waals surface area contributed by atoms with Gasteiger partial charge in [0.25, 0.3) is 0 Å². The first-order valence-electron chi connectivity index (χ1n) is 10.7. The van der Waals surface area contributed by atoms with Crippen molar-refractivity contribution in [2.45, 2.75) is 39.3 Å². The van der Waals surface area contributed by atoms with Crippen LogP contribution in [0, 0.1) is 5.92 Å². The Morgan fingerprint density at radius 1 is 1.10 bits per heavy atom. The minimum absolute atomic E-state index is 0.109. The molecule has 1 aromatic carbocycles. The monoisotopic (exact) mass is 397 g/mol. The summed E-state index contributed by atoms with van der Waals surface area (Å²) in [5, 5.41) is 0. The summed E-state index contributed by atoms with van der Waals surface area (Å²) in [6.07, 6.45) is 2.67. The minimum Gasteiger partial charge on any atom is -0.342 e. The molecule has 3 heterocycles. The van der Waals surface area contributed by atoms with Gasteiger partial charge < -0.3 is 14.4 Å². The number of aromatic nitrogens is 2. The van der Waals surface area contributed by atoms with E-state index < -0.39 is 0 Å². The van der Waals surface area contributed by atoms with Crippen molar-refractivity contribution in [3.63, 3.8) is 0 Å². The molecule has 1 aromatic heterocycles. The molecule has 7 heteroatoms. The molecular formula is C22H31N5O2. The van der Waals surface area contributed by atoms with Crippen molar-refractivity contribution in [2.24, 2.45) is 5.92 Å². The lowest BCUT2D eigenvalue weighted by molar-refractivity contribution is -0.140. The highest BCUT2D eigenvalue weighted by molar-refractivity contribution is 5.79. The van der Waals surface area contributed by atoms with Crippen molar-refractivity contribution in [3.05, 3.63) is 30.1 Å². The Hall–Kier alpha value is -2.41. The van der Waals surface area contributed by atoms with E-state index in [0.29, 0.717) is 32.2 Å². The number of nitrogens with zero attached hydrogens (tertiary/aromatic N) is 5. The van der Waals surface area contributed by atoms with Crippen molar-refractivity contribution in [2.75, 3.05) is 39.3 Å². The highest BCUT2D eigenvalue weighted by Gasteiger charge is 2.30. The first kappa shape index (κ1) is 19.9. The summed E-state index contributed by atoms with van der Waals surface area (Å²) in [4.78, 5) is 34.7. The van der Waals surface area contributed by atoms with E-state index in [0.717, 1.165) is 50.2 Å². The maximum Gasteiger partial charge on any atom is 0.225 e. The molecule has 0 unspecified atom stereocenters. The molecule has 0 spiro atoms. The number of rotatable bonds is 5. The normalized spacial score (nSPS) is 19.3. The summed E-state index contributed by atoms with van der Waals surface area (Å²) in [5.74, 6) is 1.48. The minimum atomic E-state index is 0.109. The first-order valence-corrected chi connectivity index (χ1v) is 10.7. The fraction of sp³-hybridized carbons (Fsp3) is 0.591. The third-order valence-electron chi connectivity index (χ3n) is 6.26. The van der Waals surface area contributed by atoms with Crippen LogP contribution in [0.25, 0.3) is 11.0 Å². The van der Waals surface area contributed by atoms with Crippen LogP contribution in [0.2, 0.25) is 0 Å². The van der Waals surface area contributed by atoms with E-state index in [4.69, 9.17) is 4.98 Å². The van der Waals surface area contributed by atoms with Gasteiger partial charge in [0, 0.05) is 38.1 Å². The summed E-state index contributed by atoms with van der Waals surface area (Å²) < 4.78 is 2.33. The maximum absolute atomic E-state index is 12.9. The number of amides is 2. The van der Waals surface area contributed by atoms with Crippen molar-refractivity contribution < 1.29 is 9.59 Å². The largest absolute Gasteiger partial charge is 0.342 e. The van der Waals surface area contributed by atoms with E-state index in [1.54, 1.807) is 4.90 Å². The molecule has 2 saturated heterocycles. The molecule has 2 aromatic rings. The smallest absolute Gasteiger partial charge is 0.225 e. The van der Waals surface area contributed by atoms with Crippen LogP contribution in [0.1, 0.15) is 38.6 Å². The van der Waals surface area contributed by atoms with Crippen LogP contribution in [0.5, 0.6) is 0 Å². The van der Waals surface area contributed by atoms with E-state index in [2.05, 4.69) is 41.5 Å². The van der Waals surface area contributed by atoms with Crippen LogP contribution in [-0.4, -0.2) is 75.8 Å². The third kappa shape index (κ3) is 4.15. The Labute approximate surface area is 172 Å². The van der Waals surface area contributed by atoms with E-state index in [-0.39, 0.29) is 11.8 Å². The highest BCUT2D eigenvalue weighted by atomic mass is 16.2. The van der Waals surface area contributed by atoms with Gasteiger partial charge in [-0.3, -0.25) is 14.5 Å². The number of likely N-dealkylation sites (tertiary alicyclic amines) is 1. The van der Waals surface area contributed by atoms with E-state index >= 15 is 0 Å². The van der Waals surface area contributed by atoms with E-state index in [1.165, 1.54) is 5.52 Å². The highest BCUT2D eigenvalue weighted by Crippen LogP contribution is 2.25. The number of carbonyl (C=O) groups is 2. The number of piperidine rings is 1. The Balaban J connectivity index is 1.36. The molecule has 2 aliphatic heterocycles. The predicted octanol–water partition coefficient (Wildman–Crippen LogP) is 2.13. The zero-order valence-electron chi connectivity index (χ0n) is 17.5. The van der Waals surface area contributed by atoms with E-state index in [9.17, 15) is 9.59 Å². The van der Waals surface area contributed by atoms with Crippen molar-refractivity contribution in [1.29, 1.82) is 0 Å². The van der Waals surface area contributed by atoms with Crippen LogP contribution in [0.15, 0.2) is 24.3 Å². The summed E-state index contributed by atoms with van der Waals surface area (Å²) in [7, 11) is 0. The zero-order chi connectivity index (χ0) is 20.4. The van der Waals surface area contributed by atoms with E-state index in [1.807, 2.05) is 11.0 Å². The number of imidazole rings is 1. The topological polar surface area (TPSA) is 61.7 Å². The third-order valence-corrected chi connectivity index (χ3v) is 6.26. The molecule has 0 radical (unpaired) electrons. The number of hydrogen-bond donors (Lipinski definition) is 0. The molecule has 4 rings (SSSR count). The first-order chi connectivity index (χ1) is 14.1. The molecule has 0 bridgehead atoms. The van der Waals surface area contributed by atoms with Crippen molar-refractivity contribution >= 4 is 23.4 Å². The van der Waals surface area contributed by atoms with Crippen LogP contribution in [0.3, 0.4) is 0 Å². The number of piperazine rings is 1. The molecule has 0 atom stereocenters. The number of fused-ring (bicyclic) bond motifs is 1. The lowest BCUT2D eigenvalue weighted by atomic mass is 9.95. The van der Waals surface area contributed by atoms with Crippen molar-refractivity contribution in [3.8, 4) is 0 Å². The van der Waals surface area contributed by atoms with Gasteiger partial charge in [-0.15, -0.1) is 0 Å². The summed E-state index contributed by atoms with van der Waals surface area (Å²) in [6.45, 7) is 9.70. The van der Waals surface area contributed by atoms with Crippen LogP contribution in [0.4, 0.5) is 0 Å². The van der Waals surface area contributed by atoms with Gasteiger partial charge in [-0.25, -0.2) is 4.98 Å². The number of carbonyl (C=O) groups excluding carboxylic acids is 2. The average Bonchev–Trinajstić information content (AvgIpc) is 3.12. The van der Waals surface area contributed by atoms with Gasteiger partial charge in [0.05, 0.1) is 17.6 Å². The number of para-hydroxylation sites is 2. The Kier molecular flexibility index (Phi) is 5.85. The Morgan fingerprint density at radius 2 is 1.79 bits per heavy atom. The van der Waals surface area contributed by atoms with Gasteiger partial charge in [-0.2, -0.15) is 0 Å². The molecule has 0 saturated carbocycles. The molecule has 156 valence electrons. The van der Waals surface area contributed by atoms with Gasteiger partial charge in [0.2, 0.25) is 12.3 Å². The second kappa shape index (κ2) is 8.53. The van der Waals surface area contributed by atoms with Crippen molar-refractivity contribution in [1.82, 2.24) is 24.3 Å². The predicted molar refractivity (Wildman–Crippen MR) is 112 cm³/mol. The van der Waals surface area contributed by atoms with Gasteiger partial charge in [-0.1, -0.05) is 12.1 Å². The van der Waals surface area contributed by atoms with Crippen LogP contribution >= 0.6 is 0 Å². The molecule has 7 nitrogen and oxygen atoms in total. The fourth-order valence-electron chi connectivity index (χ4n) is 4.63. The quantitative estimate of drug-likeness (QED) is 0.725. The van der Waals surface area contributed by atoms with Gasteiger partial charge in [0.15, 0.2) is 0 Å². The van der Waals surface area contributed by atoms with Gasteiger partial charge >= 0.3 is 0 Å². The Bertz CT molecular complexity index is 861. The molecule has 0 N–H and O–H groups in total. The SMILES string of the molecule is CC(C)n1c(CN2CCC(C(=O)N3CCN(C=O)CC3)CC2)nc2ccccc21. The van der Waals surface area contributed by atoms with Crippen LogP contribution in [-0.2, 0) is 16.1 Å². The fourth-order valence-corrected chi connectivity index (χ4v) is 4.63. The molecule has 0 aliphatic carbocycles.